The van der Waals surface area contributed by atoms with E-state index in [1.807, 2.05) is 31.2 Å². The highest BCUT2D eigenvalue weighted by Crippen LogP contribution is 2.30. The minimum atomic E-state index is -0.202. The molecule has 1 N–H and O–H groups in total. The van der Waals surface area contributed by atoms with Crippen LogP contribution in [-0.4, -0.2) is 11.1 Å². The summed E-state index contributed by atoms with van der Waals surface area (Å²) in [6.07, 6.45) is 1.22. The van der Waals surface area contributed by atoms with Crippen LogP contribution in [0.1, 0.15) is 19.8 Å². The van der Waals surface area contributed by atoms with Crippen LogP contribution in [0.5, 0.6) is 11.5 Å². The molecule has 0 aliphatic rings. The number of hydrogen-bond acceptors (Lipinski definition) is 4. The lowest BCUT2D eigenvalue weighted by molar-refractivity contribution is -0.134. The molecule has 2 aromatic rings. The van der Waals surface area contributed by atoms with Gasteiger partial charge in [-0.2, -0.15) is 0 Å². The number of esters is 1. The fraction of sp³-hybridized carbons (Fsp3) is 0.188. The summed E-state index contributed by atoms with van der Waals surface area (Å²) >= 11 is 1.58. The van der Waals surface area contributed by atoms with Crippen molar-refractivity contribution >= 4 is 17.7 Å². The van der Waals surface area contributed by atoms with E-state index in [9.17, 15) is 9.90 Å². The smallest absolute Gasteiger partial charge is 0.311 e. The monoisotopic (exact) mass is 288 g/mol. The first-order chi connectivity index (χ1) is 9.67. The number of carbonyl (C=O) groups excluding carboxylic acids is 1. The Morgan fingerprint density at radius 2 is 1.60 bits per heavy atom. The Kier molecular flexibility index (Phi) is 5.07. The molecule has 0 saturated carbocycles. The van der Waals surface area contributed by atoms with Crippen LogP contribution in [-0.2, 0) is 4.79 Å². The summed E-state index contributed by atoms with van der Waals surface area (Å²) in [6, 6.07) is 14.4. The number of phenols is 1. The van der Waals surface area contributed by atoms with Crippen LogP contribution < -0.4 is 4.74 Å². The number of rotatable bonds is 5. The van der Waals surface area contributed by atoms with E-state index in [2.05, 4.69) is 0 Å². The Labute approximate surface area is 122 Å². The van der Waals surface area contributed by atoms with E-state index >= 15 is 0 Å². The molecule has 20 heavy (non-hydrogen) atoms. The fourth-order valence-corrected chi connectivity index (χ4v) is 2.43. The summed E-state index contributed by atoms with van der Waals surface area (Å²) in [5, 5.41) is 9.23. The maximum Gasteiger partial charge on any atom is 0.311 e. The van der Waals surface area contributed by atoms with Gasteiger partial charge in [-0.15, -0.1) is 0 Å². The summed E-state index contributed by atoms with van der Waals surface area (Å²) in [5.41, 5.74) is 0. The van der Waals surface area contributed by atoms with E-state index in [0.29, 0.717) is 12.2 Å². The fourth-order valence-electron chi connectivity index (χ4n) is 1.61. The van der Waals surface area contributed by atoms with Crippen LogP contribution in [0.4, 0.5) is 0 Å². The van der Waals surface area contributed by atoms with Crippen molar-refractivity contribution in [3.8, 4) is 11.5 Å². The number of phenolic OH excluding ortho intramolecular Hbond substituents is 1. The van der Waals surface area contributed by atoms with E-state index in [-0.39, 0.29) is 11.7 Å². The Balaban J connectivity index is 1.97. The van der Waals surface area contributed by atoms with E-state index in [1.54, 1.807) is 36.0 Å². The third-order valence-corrected chi connectivity index (χ3v) is 3.60. The van der Waals surface area contributed by atoms with Gasteiger partial charge >= 0.3 is 5.97 Å². The normalized spacial score (nSPS) is 10.2. The summed E-state index contributed by atoms with van der Waals surface area (Å²) < 4.78 is 5.19. The molecule has 0 aliphatic heterocycles. The Bertz CT molecular complexity index is 561. The van der Waals surface area contributed by atoms with Crippen molar-refractivity contribution in [3.63, 3.8) is 0 Å². The minimum Gasteiger partial charge on any atom is -0.508 e. The van der Waals surface area contributed by atoms with Gasteiger partial charge in [0.1, 0.15) is 11.5 Å². The molecular weight excluding hydrogens is 272 g/mol. The molecule has 0 spiro atoms. The van der Waals surface area contributed by atoms with Gasteiger partial charge in [-0.05, 0) is 55.0 Å². The van der Waals surface area contributed by atoms with Crippen molar-refractivity contribution < 1.29 is 14.6 Å². The van der Waals surface area contributed by atoms with Gasteiger partial charge in [0.15, 0.2) is 0 Å². The SMILES string of the molecule is CCCC(=O)Oc1ccc(Sc2ccc(O)cc2)cc1. The van der Waals surface area contributed by atoms with Gasteiger partial charge in [0.2, 0.25) is 0 Å². The van der Waals surface area contributed by atoms with Gasteiger partial charge in [0.05, 0.1) is 0 Å². The maximum atomic E-state index is 11.4. The molecule has 0 saturated heterocycles. The summed E-state index contributed by atoms with van der Waals surface area (Å²) in [7, 11) is 0. The average Bonchev–Trinajstić information content (AvgIpc) is 2.44. The van der Waals surface area contributed by atoms with Crippen LogP contribution >= 0.6 is 11.8 Å². The van der Waals surface area contributed by atoms with Gasteiger partial charge in [0.25, 0.3) is 0 Å². The van der Waals surface area contributed by atoms with Crippen molar-refractivity contribution in [2.75, 3.05) is 0 Å². The molecule has 0 atom stereocenters. The molecule has 0 unspecified atom stereocenters. The number of aromatic hydroxyl groups is 1. The standard InChI is InChI=1S/C16H16O3S/c1-2-3-16(18)19-13-6-10-15(11-7-13)20-14-8-4-12(17)5-9-14/h4-11,17H,2-3H2,1H3. The lowest BCUT2D eigenvalue weighted by atomic mass is 10.3. The summed E-state index contributed by atoms with van der Waals surface area (Å²) in [6.45, 7) is 1.94. The van der Waals surface area contributed by atoms with Gasteiger partial charge in [-0.25, -0.2) is 0 Å². The molecule has 0 radical (unpaired) electrons. The Morgan fingerprint density at radius 1 is 1.05 bits per heavy atom. The molecule has 0 fully saturated rings. The van der Waals surface area contributed by atoms with E-state index in [1.165, 1.54) is 0 Å². The molecule has 3 nitrogen and oxygen atoms in total. The Morgan fingerprint density at radius 3 is 2.15 bits per heavy atom. The van der Waals surface area contributed by atoms with E-state index in [4.69, 9.17) is 4.74 Å². The second kappa shape index (κ2) is 7.01. The number of ether oxygens (including phenoxy) is 1. The predicted molar refractivity (Wildman–Crippen MR) is 79.2 cm³/mol. The van der Waals surface area contributed by atoms with Crippen molar-refractivity contribution in [2.45, 2.75) is 29.6 Å². The zero-order valence-corrected chi connectivity index (χ0v) is 12.0. The molecular formula is C16H16O3S. The highest BCUT2D eigenvalue weighted by atomic mass is 32.2. The van der Waals surface area contributed by atoms with E-state index in [0.717, 1.165) is 16.2 Å². The first-order valence-electron chi connectivity index (χ1n) is 6.45. The van der Waals surface area contributed by atoms with Gasteiger partial charge < -0.3 is 9.84 Å². The molecule has 0 heterocycles. The summed E-state index contributed by atoms with van der Waals surface area (Å²) in [4.78, 5) is 13.5. The van der Waals surface area contributed by atoms with E-state index < -0.39 is 0 Å². The second-order valence-electron chi connectivity index (χ2n) is 4.29. The molecule has 0 bridgehead atoms. The number of hydrogen-bond donors (Lipinski definition) is 1. The quantitative estimate of drug-likeness (QED) is 0.660. The lowest BCUT2D eigenvalue weighted by Crippen LogP contribution is -2.06. The molecule has 0 amide bonds. The number of carbonyl (C=O) groups is 1. The molecule has 104 valence electrons. The second-order valence-corrected chi connectivity index (χ2v) is 5.44. The van der Waals surface area contributed by atoms with Crippen LogP contribution in [0.25, 0.3) is 0 Å². The predicted octanol–water partition coefficient (Wildman–Crippen LogP) is 4.25. The van der Waals surface area contributed by atoms with Crippen molar-refractivity contribution in [1.82, 2.24) is 0 Å². The third-order valence-electron chi connectivity index (χ3n) is 2.58. The molecule has 4 heteroatoms. The van der Waals surface area contributed by atoms with Gasteiger partial charge in [-0.3, -0.25) is 4.79 Å². The van der Waals surface area contributed by atoms with Gasteiger partial charge in [-0.1, -0.05) is 18.7 Å². The maximum absolute atomic E-state index is 11.4. The van der Waals surface area contributed by atoms with Crippen molar-refractivity contribution in [3.05, 3.63) is 48.5 Å². The zero-order valence-electron chi connectivity index (χ0n) is 11.2. The average molecular weight is 288 g/mol. The van der Waals surface area contributed by atoms with Crippen LogP contribution in [0, 0.1) is 0 Å². The zero-order chi connectivity index (χ0) is 14.4. The third kappa shape index (κ3) is 4.31. The summed E-state index contributed by atoms with van der Waals surface area (Å²) in [5.74, 6) is 0.623. The molecule has 0 aromatic heterocycles. The molecule has 0 aliphatic carbocycles. The van der Waals surface area contributed by atoms with Crippen LogP contribution in [0.15, 0.2) is 58.3 Å². The highest BCUT2D eigenvalue weighted by Gasteiger charge is 2.04. The topological polar surface area (TPSA) is 46.5 Å². The lowest BCUT2D eigenvalue weighted by Gasteiger charge is -2.05. The van der Waals surface area contributed by atoms with Crippen molar-refractivity contribution in [1.29, 1.82) is 0 Å². The first-order valence-corrected chi connectivity index (χ1v) is 7.26. The first kappa shape index (κ1) is 14.5. The Hall–Kier alpha value is -1.94. The van der Waals surface area contributed by atoms with Crippen molar-refractivity contribution in [2.24, 2.45) is 0 Å². The van der Waals surface area contributed by atoms with Crippen LogP contribution in [0.2, 0.25) is 0 Å². The number of benzene rings is 2. The minimum absolute atomic E-state index is 0.202. The largest absolute Gasteiger partial charge is 0.508 e. The molecule has 2 aromatic carbocycles. The van der Waals surface area contributed by atoms with Crippen LogP contribution in [0.3, 0.4) is 0 Å². The highest BCUT2D eigenvalue weighted by molar-refractivity contribution is 7.99. The van der Waals surface area contributed by atoms with Gasteiger partial charge in [0, 0.05) is 16.2 Å². The molecule has 2 rings (SSSR count).